The predicted octanol–water partition coefficient (Wildman–Crippen LogP) is 4.95. The summed E-state index contributed by atoms with van der Waals surface area (Å²) in [5.74, 6) is 0.269. The number of halogens is 2. The molecule has 0 atom stereocenters. The number of aromatic amines is 1. The highest BCUT2D eigenvalue weighted by atomic mass is 35.5. The Bertz CT molecular complexity index is 938. The van der Waals surface area contributed by atoms with E-state index in [9.17, 15) is 4.79 Å². The molecular formula is C18H15Cl2N3O2. The van der Waals surface area contributed by atoms with E-state index >= 15 is 0 Å². The molecule has 0 bridgehead atoms. The van der Waals surface area contributed by atoms with Crippen LogP contribution in [0.25, 0.3) is 11.3 Å². The van der Waals surface area contributed by atoms with E-state index in [1.54, 1.807) is 37.4 Å². The van der Waals surface area contributed by atoms with Gasteiger partial charge in [-0.05, 0) is 42.8 Å². The smallest absolute Gasteiger partial charge is 0.273 e. The zero-order chi connectivity index (χ0) is 18.0. The van der Waals surface area contributed by atoms with Crippen LogP contribution in [-0.4, -0.2) is 23.2 Å². The van der Waals surface area contributed by atoms with Gasteiger partial charge in [0.05, 0.1) is 28.5 Å². The molecule has 0 unspecified atom stereocenters. The Hall–Kier alpha value is -2.50. The summed E-state index contributed by atoms with van der Waals surface area (Å²) in [4.78, 5) is 12.5. The molecule has 1 aromatic heterocycles. The average molecular weight is 376 g/mol. The van der Waals surface area contributed by atoms with E-state index in [0.29, 0.717) is 32.9 Å². The summed E-state index contributed by atoms with van der Waals surface area (Å²) in [5.41, 5.74) is 3.29. The van der Waals surface area contributed by atoms with Crippen molar-refractivity contribution in [2.24, 2.45) is 0 Å². The van der Waals surface area contributed by atoms with Crippen molar-refractivity contribution in [1.29, 1.82) is 0 Å². The van der Waals surface area contributed by atoms with E-state index in [1.807, 2.05) is 19.1 Å². The molecule has 3 rings (SSSR count). The van der Waals surface area contributed by atoms with Crippen LogP contribution in [0.4, 0.5) is 5.69 Å². The number of H-pyrrole nitrogens is 1. The maximum Gasteiger partial charge on any atom is 0.273 e. The second-order valence-corrected chi connectivity index (χ2v) is 6.27. The standard InChI is InChI=1S/C18H15Cl2N3O2/c1-10-3-6-17(25-2)15(7-10)21-18(24)16-9-14(22-23-16)11-4-5-12(19)13(20)8-11/h3-9H,1-2H3,(H,21,24)(H,22,23). The fourth-order valence-electron chi connectivity index (χ4n) is 2.35. The molecule has 0 aliphatic carbocycles. The first-order chi connectivity index (χ1) is 12.0. The van der Waals surface area contributed by atoms with Gasteiger partial charge in [-0.15, -0.1) is 0 Å². The number of rotatable bonds is 4. The zero-order valence-electron chi connectivity index (χ0n) is 13.6. The van der Waals surface area contributed by atoms with Gasteiger partial charge in [-0.2, -0.15) is 5.10 Å². The van der Waals surface area contributed by atoms with Crippen LogP contribution in [0.3, 0.4) is 0 Å². The Kier molecular flexibility index (Phi) is 4.97. The molecule has 7 heteroatoms. The first kappa shape index (κ1) is 17.3. The van der Waals surface area contributed by atoms with Crippen LogP contribution in [0.5, 0.6) is 5.75 Å². The highest BCUT2D eigenvalue weighted by Crippen LogP contribution is 2.29. The van der Waals surface area contributed by atoms with Gasteiger partial charge in [0.25, 0.3) is 5.91 Å². The van der Waals surface area contributed by atoms with Crippen molar-refractivity contribution in [3.63, 3.8) is 0 Å². The second-order valence-electron chi connectivity index (χ2n) is 5.45. The molecule has 25 heavy (non-hydrogen) atoms. The molecule has 0 aliphatic rings. The molecule has 0 aliphatic heterocycles. The average Bonchev–Trinajstić information content (AvgIpc) is 3.08. The minimum Gasteiger partial charge on any atom is -0.495 e. The van der Waals surface area contributed by atoms with E-state index in [0.717, 1.165) is 11.1 Å². The van der Waals surface area contributed by atoms with E-state index in [-0.39, 0.29) is 5.91 Å². The minimum absolute atomic E-state index is 0.317. The topological polar surface area (TPSA) is 67.0 Å². The third-order valence-corrected chi connectivity index (χ3v) is 4.38. The Morgan fingerprint density at radius 3 is 2.64 bits per heavy atom. The number of anilines is 1. The first-order valence-corrected chi connectivity index (χ1v) is 8.20. The van der Waals surface area contributed by atoms with Crippen molar-refractivity contribution in [3.05, 3.63) is 63.8 Å². The summed E-state index contributed by atoms with van der Waals surface area (Å²) in [6, 6.07) is 12.4. The Labute approximate surface area is 154 Å². The number of amides is 1. The van der Waals surface area contributed by atoms with Gasteiger partial charge in [0.15, 0.2) is 0 Å². The van der Waals surface area contributed by atoms with E-state index in [2.05, 4.69) is 15.5 Å². The van der Waals surface area contributed by atoms with Crippen molar-refractivity contribution >= 4 is 34.8 Å². The van der Waals surface area contributed by atoms with Crippen LogP contribution in [0.2, 0.25) is 10.0 Å². The van der Waals surface area contributed by atoms with E-state index in [1.165, 1.54) is 0 Å². The van der Waals surface area contributed by atoms with Gasteiger partial charge in [0, 0.05) is 5.56 Å². The predicted molar refractivity (Wildman–Crippen MR) is 99.7 cm³/mol. The maximum absolute atomic E-state index is 12.5. The minimum atomic E-state index is -0.317. The lowest BCUT2D eigenvalue weighted by atomic mass is 10.1. The second kappa shape index (κ2) is 7.17. The number of aryl methyl sites for hydroxylation is 1. The summed E-state index contributed by atoms with van der Waals surface area (Å²) >= 11 is 11.9. The highest BCUT2D eigenvalue weighted by molar-refractivity contribution is 6.42. The molecule has 1 amide bonds. The maximum atomic E-state index is 12.5. The Morgan fingerprint density at radius 2 is 1.92 bits per heavy atom. The molecule has 0 radical (unpaired) electrons. The number of aromatic nitrogens is 2. The fourth-order valence-corrected chi connectivity index (χ4v) is 2.65. The lowest BCUT2D eigenvalue weighted by Crippen LogP contribution is -2.13. The molecule has 5 nitrogen and oxygen atoms in total. The third kappa shape index (κ3) is 3.78. The lowest BCUT2D eigenvalue weighted by molar-refractivity contribution is 0.102. The Balaban J connectivity index is 1.83. The molecular weight excluding hydrogens is 361 g/mol. The molecule has 2 aromatic carbocycles. The van der Waals surface area contributed by atoms with Gasteiger partial charge in [-0.3, -0.25) is 9.89 Å². The summed E-state index contributed by atoms with van der Waals surface area (Å²) in [6.45, 7) is 1.94. The Morgan fingerprint density at radius 1 is 1.12 bits per heavy atom. The van der Waals surface area contributed by atoms with Crippen LogP contribution in [0.15, 0.2) is 42.5 Å². The number of nitrogens with zero attached hydrogens (tertiary/aromatic N) is 1. The molecule has 0 saturated carbocycles. The van der Waals surface area contributed by atoms with Gasteiger partial charge >= 0.3 is 0 Å². The SMILES string of the molecule is COc1ccc(C)cc1NC(=O)c1cc(-c2ccc(Cl)c(Cl)c2)n[nH]1. The number of nitrogens with one attached hydrogen (secondary N) is 2. The van der Waals surface area contributed by atoms with Crippen LogP contribution >= 0.6 is 23.2 Å². The molecule has 0 spiro atoms. The number of carbonyl (C=O) groups is 1. The lowest BCUT2D eigenvalue weighted by Gasteiger charge is -2.10. The van der Waals surface area contributed by atoms with Crippen molar-refractivity contribution in [2.75, 3.05) is 12.4 Å². The molecule has 128 valence electrons. The number of hydrogen-bond donors (Lipinski definition) is 2. The van der Waals surface area contributed by atoms with Crippen molar-refractivity contribution in [1.82, 2.24) is 10.2 Å². The quantitative estimate of drug-likeness (QED) is 0.677. The normalized spacial score (nSPS) is 10.6. The van der Waals surface area contributed by atoms with Crippen molar-refractivity contribution in [3.8, 4) is 17.0 Å². The van der Waals surface area contributed by atoms with E-state index in [4.69, 9.17) is 27.9 Å². The van der Waals surface area contributed by atoms with Gasteiger partial charge in [-0.25, -0.2) is 0 Å². The molecule has 3 aromatic rings. The van der Waals surface area contributed by atoms with Gasteiger partial charge in [0.1, 0.15) is 11.4 Å². The molecule has 1 heterocycles. The zero-order valence-corrected chi connectivity index (χ0v) is 15.1. The largest absolute Gasteiger partial charge is 0.495 e. The van der Waals surface area contributed by atoms with Crippen LogP contribution in [0.1, 0.15) is 16.1 Å². The van der Waals surface area contributed by atoms with Crippen LogP contribution < -0.4 is 10.1 Å². The van der Waals surface area contributed by atoms with Gasteiger partial charge < -0.3 is 10.1 Å². The van der Waals surface area contributed by atoms with Gasteiger partial charge in [-0.1, -0.05) is 35.3 Å². The van der Waals surface area contributed by atoms with E-state index < -0.39 is 0 Å². The summed E-state index contributed by atoms with van der Waals surface area (Å²) < 4.78 is 5.27. The van der Waals surface area contributed by atoms with Gasteiger partial charge in [0.2, 0.25) is 0 Å². The number of methoxy groups -OCH3 is 1. The number of hydrogen-bond acceptors (Lipinski definition) is 3. The highest BCUT2D eigenvalue weighted by Gasteiger charge is 2.14. The van der Waals surface area contributed by atoms with Crippen molar-refractivity contribution in [2.45, 2.75) is 6.92 Å². The first-order valence-electron chi connectivity index (χ1n) is 7.45. The summed E-state index contributed by atoms with van der Waals surface area (Å²) in [7, 11) is 1.55. The molecule has 0 fully saturated rings. The summed E-state index contributed by atoms with van der Waals surface area (Å²) in [5, 5.41) is 10.6. The third-order valence-electron chi connectivity index (χ3n) is 3.64. The number of carbonyl (C=O) groups excluding carboxylic acids is 1. The number of benzene rings is 2. The monoisotopic (exact) mass is 375 g/mol. The fraction of sp³-hybridized carbons (Fsp3) is 0.111. The summed E-state index contributed by atoms with van der Waals surface area (Å²) in [6.07, 6.45) is 0. The molecule has 0 saturated heterocycles. The number of ether oxygens (including phenoxy) is 1. The van der Waals surface area contributed by atoms with Crippen LogP contribution in [0, 0.1) is 6.92 Å². The van der Waals surface area contributed by atoms with Crippen molar-refractivity contribution < 1.29 is 9.53 Å². The van der Waals surface area contributed by atoms with Crippen LogP contribution in [-0.2, 0) is 0 Å². The molecule has 2 N–H and O–H groups in total.